The Bertz CT molecular complexity index is 161. The molecule has 78 valence electrons. The van der Waals surface area contributed by atoms with Crippen molar-refractivity contribution in [1.82, 2.24) is 0 Å². The fourth-order valence-electron chi connectivity index (χ4n) is 0.759. The first-order valence-corrected chi connectivity index (χ1v) is 4.03. The lowest BCUT2D eigenvalue weighted by atomic mass is 10.2. The molecule has 0 aliphatic rings. The number of nitro groups is 1. The molecule has 0 aliphatic heterocycles. The number of aliphatic hydroxyl groups is 2. The Hall–Kier alpha value is -0.720. The molecule has 0 bridgehead atoms. The molecule has 0 saturated carbocycles. The van der Waals surface area contributed by atoms with E-state index in [0.29, 0.717) is 0 Å². The van der Waals surface area contributed by atoms with Crippen LogP contribution in [0.5, 0.6) is 0 Å². The molecule has 2 atom stereocenters. The Labute approximate surface area is 76.3 Å². The third kappa shape index (κ3) is 4.76. The first kappa shape index (κ1) is 12.3. The molecule has 0 aliphatic carbocycles. The number of aliphatic hydroxyl groups excluding tert-OH is 2. The summed E-state index contributed by atoms with van der Waals surface area (Å²) in [6.07, 6.45) is -2.18. The number of ether oxygens (including phenoxy) is 1. The van der Waals surface area contributed by atoms with Gasteiger partial charge in [-0.1, -0.05) is 13.8 Å². The molecule has 0 heterocycles. The lowest BCUT2D eigenvalue weighted by Gasteiger charge is -2.15. The van der Waals surface area contributed by atoms with Crippen LogP contribution in [0.4, 0.5) is 0 Å². The van der Waals surface area contributed by atoms with Crippen LogP contribution in [0.1, 0.15) is 13.8 Å². The molecule has 0 aromatic heterocycles. The first-order chi connectivity index (χ1) is 5.99. The predicted octanol–water partition coefficient (Wildman–Crippen LogP) is -0.385. The molecule has 0 rings (SSSR count). The maximum Gasteiger partial charge on any atom is 0.317 e. The largest absolute Gasteiger partial charge is 0.394 e. The molecule has 0 radical (unpaired) electrons. The molecule has 0 aromatic carbocycles. The third-order valence-corrected chi connectivity index (χ3v) is 1.45. The van der Waals surface area contributed by atoms with Gasteiger partial charge < -0.3 is 14.9 Å². The van der Waals surface area contributed by atoms with Gasteiger partial charge in [0.1, 0.15) is 6.10 Å². The summed E-state index contributed by atoms with van der Waals surface area (Å²) in [7, 11) is 0. The molecular formula is C7H15NO5. The number of nitrogens with zero attached hydrogens (tertiary/aromatic N) is 1. The summed E-state index contributed by atoms with van der Waals surface area (Å²) in [4.78, 5) is 9.83. The summed E-state index contributed by atoms with van der Waals surface area (Å²) in [6, 6.07) is 0. The van der Waals surface area contributed by atoms with Crippen LogP contribution < -0.4 is 0 Å². The van der Waals surface area contributed by atoms with E-state index in [2.05, 4.69) is 0 Å². The molecular weight excluding hydrogens is 178 g/mol. The lowest BCUT2D eigenvalue weighted by Crippen LogP contribution is -2.33. The first-order valence-electron chi connectivity index (χ1n) is 4.03. The molecule has 0 spiro atoms. The number of hydrogen-bond acceptors (Lipinski definition) is 5. The van der Waals surface area contributed by atoms with Gasteiger partial charge in [-0.25, -0.2) is 0 Å². The van der Waals surface area contributed by atoms with Crippen molar-refractivity contribution in [2.75, 3.05) is 13.2 Å². The summed E-state index contributed by atoms with van der Waals surface area (Å²) in [5.41, 5.74) is 0. The average Bonchev–Trinajstić information content (AvgIpc) is 2.03. The van der Waals surface area contributed by atoms with E-state index in [1.54, 1.807) is 13.8 Å². The van der Waals surface area contributed by atoms with Crippen LogP contribution in [0.3, 0.4) is 0 Å². The van der Waals surface area contributed by atoms with Crippen LogP contribution in [0.2, 0.25) is 0 Å². The molecule has 2 unspecified atom stereocenters. The van der Waals surface area contributed by atoms with Gasteiger partial charge in [-0.3, -0.25) is 10.1 Å². The van der Waals surface area contributed by atoms with Gasteiger partial charge in [0, 0.05) is 5.92 Å². The minimum absolute atomic E-state index is 0.222. The molecule has 0 amide bonds. The van der Waals surface area contributed by atoms with Gasteiger partial charge in [-0.15, -0.1) is 0 Å². The fraction of sp³-hybridized carbons (Fsp3) is 1.00. The summed E-state index contributed by atoms with van der Waals surface area (Å²) in [5.74, 6) is -0.263. The van der Waals surface area contributed by atoms with E-state index < -0.39 is 23.9 Å². The Balaban J connectivity index is 3.90. The molecule has 13 heavy (non-hydrogen) atoms. The van der Waals surface area contributed by atoms with Gasteiger partial charge in [0.05, 0.1) is 18.1 Å². The molecule has 0 saturated heterocycles. The molecule has 2 N–H and O–H groups in total. The zero-order valence-electron chi connectivity index (χ0n) is 7.71. The highest BCUT2D eigenvalue weighted by molar-refractivity contribution is 4.53. The highest BCUT2D eigenvalue weighted by atomic mass is 16.7. The monoisotopic (exact) mass is 193 g/mol. The quantitative estimate of drug-likeness (QED) is 0.340. The van der Waals surface area contributed by atoms with E-state index in [1.807, 2.05) is 0 Å². The van der Waals surface area contributed by atoms with E-state index in [1.165, 1.54) is 0 Å². The maximum atomic E-state index is 10.4. The van der Waals surface area contributed by atoms with Gasteiger partial charge in [-0.2, -0.15) is 0 Å². The fourth-order valence-corrected chi connectivity index (χ4v) is 0.759. The van der Waals surface area contributed by atoms with Crippen molar-refractivity contribution in [3.8, 4) is 0 Å². The van der Waals surface area contributed by atoms with E-state index in [9.17, 15) is 10.1 Å². The standard InChI is InChI=1S/C7H15NO5/c1-5(2)7(8(11)12)13-4-6(10)3-9/h5-7,9-10H,3-4H2,1-2H3. The second kappa shape index (κ2) is 5.85. The summed E-state index contributed by atoms with van der Waals surface area (Å²) in [6.45, 7) is 2.63. The maximum absolute atomic E-state index is 10.4. The normalized spacial score (nSPS) is 15.8. The zero-order chi connectivity index (χ0) is 10.4. The Morgan fingerprint density at radius 3 is 2.38 bits per heavy atom. The van der Waals surface area contributed by atoms with Crippen molar-refractivity contribution in [3.05, 3.63) is 10.1 Å². The minimum Gasteiger partial charge on any atom is -0.394 e. The van der Waals surface area contributed by atoms with E-state index in [0.717, 1.165) is 0 Å². The van der Waals surface area contributed by atoms with Crippen molar-refractivity contribution in [3.63, 3.8) is 0 Å². The molecule has 0 fully saturated rings. The summed E-state index contributed by atoms with van der Waals surface area (Å²) < 4.78 is 4.81. The highest BCUT2D eigenvalue weighted by Gasteiger charge is 2.25. The van der Waals surface area contributed by atoms with Crippen LogP contribution in [0.25, 0.3) is 0 Å². The smallest absolute Gasteiger partial charge is 0.317 e. The number of rotatable bonds is 6. The van der Waals surface area contributed by atoms with E-state index in [4.69, 9.17) is 14.9 Å². The lowest BCUT2D eigenvalue weighted by molar-refractivity contribution is -0.585. The summed E-state index contributed by atoms with van der Waals surface area (Å²) >= 11 is 0. The molecule has 6 heteroatoms. The minimum atomic E-state index is -1.12. The van der Waals surface area contributed by atoms with Crippen molar-refractivity contribution >= 4 is 0 Å². The topological polar surface area (TPSA) is 92.8 Å². The van der Waals surface area contributed by atoms with Gasteiger partial charge in [0.2, 0.25) is 0 Å². The predicted molar refractivity (Wildman–Crippen MR) is 44.7 cm³/mol. The van der Waals surface area contributed by atoms with Crippen LogP contribution in [-0.4, -0.2) is 40.7 Å². The van der Waals surface area contributed by atoms with Gasteiger partial charge in [0.15, 0.2) is 0 Å². The van der Waals surface area contributed by atoms with Crippen LogP contribution in [0, 0.1) is 16.0 Å². The molecule has 6 nitrogen and oxygen atoms in total. The van der Waals surface area contributed by atoms with Gasteiger partial charge >= 0.3 is 6.23 Å². The van der Waals surface area contributed by atoms with E-state index >= 15 is 0 Å². The Kier molecular flexibility index (Phi) is 5.52. The van der Waals surface area contributed by atoms with Crippen molar-refractivity contribution in [2.24, 2.45) is 5.92 Å². The third-order valence-electron chi connectivity index (χ3n) is 1.45. The molecule has 0 aromatic rings. The second-order valence-corrected chi connectivity index (χ2v) is 3.09. The van der Waals surface area contributed by atoms with Crippen LogP contribution >= 0.6 is 0 Å². The van der Waals surface area contributed by atoms with Crippen LogP contribution in [-0.2, 0) is 4.74 Å². The average molecular weight is 193 g/mol. The van der Waals surface area contributed by atoms with Gasteiger partial charge in [0.25, 0.3) is 0 Å². The Morgan fingerprint density at radius 1 is 1.54 bits per heavy atom. The van der Waals surface area contributed by atoms with Crippen molar-refractivity contribution < 1.29 is 19.9 Å². The number of hydrogen-bond donors (Lipinski definition) is 2. The summed E-state index contributed by atoms with van der Waals surface area (Å²) in [5, 5.41) is 27.7. The van der Waals surface area contributed by atoms with Gasteiger partial charge in [-0.05, 0) is 0 Å². The van der Waals surface area contributed by atoms with Crippen molar-refractivity contribution in [2.45, 2.75) is 26.2 Å². The van der Waals surface area contributed by atoms with E-state index in [-0.39, 0.29) is 12.5 Å². The SMILES string of the molecule is CC(C)C(OCC(O)CO)[N+](=O)[O-]. The zero-order valence-corrected chi connectivity index (χ0v) is 7.71. The Morgan fingerprint density at radius 2 is 2.08 bits per heavy atom. The second-order valence-electron chi connectivity index (χ2n) is 3.09. The van der Waals surface area contributed by atoms with Crippen LogP contribution in [0.15, 0.2) is 0 Å². The highest BCUT2D eigenvalue weighted by Crippen LogP contribution is 2.07. The van der Waals surface area contributed by atoms with Crippen molar-refractivity contribution in [1.29, 1.82) is 0 Å².